The van der Waals surface area contributed by atoms with E-state index in [1.807, 2.05) is 48.5 Å². The number of anilines is 1. The summed E-state index contributed by atoms with van der Waals surface area (Å²) in [4.78, 5) is 4.43. The van der Waals surface area contributed by atoms with E-state index in [2.05, 4.69) is 21.6 Å². The molecule has 3 aromatic rings. The van der Waals surface area contributed by atoms with Crippen LogP contribution in [0.4, 0.5) is 5.69 Å². The molecule has 3 rings (SSSR count). The molecule has 0 aliphatic heterocycles. The minimum atomic E-state index is 0.261. The minimum absolute atomic E-state index is 0.261. The smallest absolute Gasteiger partial charge is 0.196 e. The van der Waals surface area contributed by atoms with Gasteiger partial charge in [0.1, 0.15) is 11.8 Å². The summed E-state index contributed by atoms with van der Waals surface area (Å²) in [5, 5.41) is 14.0. The zero-order valence-electron chi connectivity index (χ0n) is 11.8. The van der Waals surface area contributed by atoms with Crippen molar-refractivity contribution >= 4 is 33.0 Å². The highest BCUT2D eigenvalue weighted by Gasteiger charge is 2.09. The highest BCUT2D eigenvalue weighted by atomic mass is 32.1. The van der Waals surface area contributed by atoms with Crippen LogP contribution in [0.3, 0.4) is 0 Å². The van der Waals surface area contributed by atoms with Crippen LogP contribution in [-0.2, 0) is 0 Å². The van der Waals surface area contributed by atoms with Crippen molar-refractivity contribution in [2.45, 2.75) is 0 Å². The summed E-state index contributed by atoms with van der Waals surface area (Å²) < 4.78 is 6.13. The molecular weight excluding hydrogens is 296 g/mol. The molecule has 0 amide bonds. The minimum Gasteiger partial charge on any atom is -0.497 e. The quantitative estimate of drug-likeness (QED) is 0.590. The lowest BCUT2D eigenvalue weighted by Crippen LogP contribution is -2.01. The van der Waals surface area contributed by atoms with Gasteiger partial charge in [0.25, 0.3) is 0 Å². The van der Waals surface area contributed by atoms with Crippen molar-refractivity contribution in [2.24, 2.45) is 5.10 Å². The Morgan fingerprint density at radius 3 is 2.68 bits per heavy atom. The van der Waals surface area contributed by atoms with E-state index < -0.39 is 0 Å². The van der Waals surface area contributed by atoms with Gasteiger partial charge in [-0.05, 0) is 36.4 Å². The van der Waals surface area contributed by atoms with Crippen molar-refractivity contribution in [3.05, 3.63) is 53.5 Å². The molecule has 0 saturated carbocycles. The monoisotopic (exact) mass is 308 g/mol. The van der Waals surface area contributed by atoms with Crippen molar-refractivity contribution in [3.8, 4) is 11.8 Å². The van der Waals surface area contributed by atoms with E-state index >= 15 is 0 Å². The average molecular weight is 308 g/mol. The standard InChI is InChI=1S/C16H12N4OS/c1-21-12-8-6-11(7-9-12)19-20-14(10-17)16-18-13-4-2-3-5-15(13)22-16/h2-9,19H,1H3/b20-14+. The molecule has 6 heteroatoms. The van der Waals surface area contributed by atoms with Crippen LogP contribution in [0.25, 0.3) is 10.2 Å². The lowest BCUT2D eigenvalue weighted by atomic mass is 10.3. The number of methoxy groups -OCH3 is 1. The van der Waals surface area contributed by atoms with E-state index in [1.165, 1.54) is 11.3 Å². The van der Waals surface area contributed by atoms with Crippen LogP contribution < -0.4 is 10.2 Å². The van der Waals surface area contributed by atoms with E-state index in [1.54, 1.807) is 7.11 Å². The van der Waals surface area contributed by atoms with Crippen molar-refractivity contribution in [3.63, 3.8) is 0 Å². The number of thiazole rings is 1. The van der Waals surface area contributed by atoms with E-state index in [-0.39, 0.29) is 5.71 Å². The number of nitrogens with zero attached hydrogens (tertiary/aromatic N) is 3. The van der Waals surface area contributed by atoms with Gasteiger partial charge in [-0.1, -0.05) is 12.1 Å². The van der Waals surface area contributed by atoms with Crippen molar-refractivity contribution in [1.82, 2.24) is 4.98 Å². The van der Waals surface area contributed by atoms with Crippen molar-refractivity contribution < 1.29 is 4.74 Å². The van der Waals surface area contributed by atoms with Gasteiger partial charge in [-0.15, -0.1) is 11.3 Å². The highest BCUT2D eigenvalue weighted by molar-refractivity contribution is 7.20. The maximum Gasteiger partial charge on any atom is 0.196 e. The Kier molecular flexibility index (Phi) is 3.99. The maximum atomic E-state index is 9.29. The number of hydrogen-bond donors (Lipinski definition) is 1. The molecule has 0 aliphatic rings. The molecule has 5 nitrogen and oxygen atoms in total. The second-order valence-electron chi connectivity index (χ2n) is 4.40. The molecule has 0 atom stereocenters. The predicted molar refractivity (Wildman–Crippen MR) is 88.4 cm³/mol. The first-order valence-electron chi connectivity index (χ1n) is 6.54. The summed E-state index contributed by atoms with van der Waals surface area (Å²) >= 11 is 1.45. The lowest BCUT2D eigenvalue weighted by Gasteiger charge is -2.02. The molecule has 108 valence electrons. The number of nitrogens with one attached hydrogen (secondary N) is 1. The number of para-hydroxylation sites is 1. The van der Waals surface area contributed by atoms with E-state index in [4.69, 9.17) is 4.74 Å². The second kappa shape index (κ2) is 6.24. The summed E-state index contributed by atoms with van der Waals surface area (Å²) in [6.07, 6.45) is 0. The third-order valence-corrected chi connectivity index (χ3v) is 4.03. The lowest BCUT2D eigenvalue weighted by molar-refractivity contribution is 0.415. The third kappa shape index (κ3) is 2.90. The zero-order chi connectivity index (χ0) is 15.4. The van der Waals surface area contributed by atoms with Gasteiger partial charge >= 0.3 is 0 Å². The summed E-state index contributed by atoms with van der Waals surface area (Å²) in [5.41, 5.74) is 4.77. The first kappa shape index (κ1) is 14.0. The SMILES string of the molecule is COc1ccc(N/N=C(\C#N)c2nc3ccccc3s2)cc1. The number of rotatable bonds is 4. The Morgan fingerprint density at radius 2 is 2.00 bits per heavy atom. The van der Waals surface area contributed by atoms with Crippen LogP contribution in [0.1, 0.15) is 5.01 Å². The van der Waals surface area contributed by atoms with Gasteiger partial charge in [-0.25, -0.2) is 4.98 Å². The molecule has 2 aromatic carbocycles. The molecule has 22 heavy (non-hydrogen) atoms. The van der Waals surface area contributed by atoms with Gasteiger partial charge in [-0.3, -0.25) is 5.43 Å². The summed E-state index contributed by atoms with van der Waals surface area (Å²) in [5.74, 6) is 0.765. The number of benzene rings is 2. The Morgan fingerprint density at radius 1 is 1.23 bits per heavy atom. The summed E-state index contributed by atoms with van der Waals surface area (Å²) in [7, 11) is 1.61. The van der Waals surface area contributed by atoms with Crippen LogP contribution in [-0.4, -0.2) is 17.8 Å². The molecule has 0 aliphatic carbocycles. The van der Waals surface area contributed by atoms with Crippen molar-refractivity contribution in [2.75, 3.05) is 12.5 Å². The molecule has 0 bridgehead atoms. The summed E-state index contributed by atoms with van der Waals surface area (Å²) in [6.45, 7) is 0. The number of aromatic nitrogens is 1. The fraction of sp³-hybridized carbons (Fsp3) is 0.0625. The van der Waals surface area contributed by atoms with Crippen molar-refractivity contribution in [1.29, 1.82) is 5.26 Å². The van der Waals surface area contributed by atoms with Gasteiger partial charge in [0.2, 0.25) is 0 Å². The van der Waals surface area contributed by atoms with Crippen LogP contribution in [0.5, 0.6) is 5.75 Å². The van der Waals surface area contributed by atoms with E-state index in [0.717, 1.165) is 21.7 Å². The number of nitriles is 1. The Bertz CT molecular complexity index is 829. The topological polar surface area (TPSA) is 70.3 Å². The Labute approximate surface area is 131 Å². The molecule has 0 saturated heterocycles. The maximum absolute atomic E-state index is 9.29. The van der Waals surface area contributed by atoms with Crippen LogP contribution >= 0.6 is 11.3 Å². The average Bonchev–Trinajstić information content (AvgIpc) is 3.00. The number of hydrazone groups is 1. The predicted octanol–water partition coefficient (Wildman–Crippen LogP) is 3.64. The second-order valence-corrected chi connectivity index (χ2v) is 5.43. The third-order valence-electron chi connectivity index (χ3n) is 2.99. The summed E-state index contributed by atoms with van der Waals surface area (Å²) in [6, 6.07) is 17.1. The number of hydrogen-bond acceptors (Lipinski definition) is 6. The number of fused-ring (bicyclic) bond motifs is 1. The fourth-order valence-corrected chi connectivity index (χ4v) is 2.79. The molecular formula is C16H12N4OS. The molecule has 0 unspecified atom stereocenters. The Hall–Kier alpha value is -2.91. The first-order valence-corrected chi connectivity index (χ1v) is 7.35. The van der Waals surface area contributed by atoms with Gasteiger partial charge < -0.3 is 4.74 Å². The molecule has 1 heterocycles. The molecule has 0 fully saturated rings. The molecule has 0 radical (unpaired) electrons. The van der Waals surface area contributed by atoms with Gasteiger partial charge in [0.05, 0.1) is 23.0 Å². The molecule has 1 N–H and O–H groups in total. The van der Waals surface area contributed by atoms with Crippen LogP contribution in [0, 0.1) is 11.3 Å². The first-order chi connectivity index (χ1) is 10.8. The van der Waals surface area contributed by atoms with E-state index in [0.29, 0.717) is 5.01 Å². The van der Waals surface area contributed by atoms with Crippen LogP contribution in [0.15, 0.2) is 53.6 Å². The normalized spacial score (nSPS) is 11.2. The van der Waals surface area contributed by atoms with Gasteiger partial charge in [-0.2, -0.15) is 10.4 Å². The van der Waals surface area contributed by atoms with Crippen LogP contribution in [0.2, 0.25) is 0 Å². The molecule has 1 aromatic heterocycles. The Balaban J connectivity index is 1.84. The van der Waals surface area contributed by atoms with Gasteiger partial charge in [0, 0.05) is 0 Å². The van der Waals surface area contributed by atoms with E-state index in [9.17, 15) is 5.26 Å². The fourth-order valence-electron chi connectivity index (χ4n) is 1.88. The van der Waals surface area contributed by atoms with Gasteiger partial charge in [0.15, 0.2) is 10.7 Å². The largest absolute Gasteiger partial charge is 0.497 e. The zero-order valence-corrected chi connectivity index (χ0v) is 12.6. The number of ether oxygens (including phenoxy) is 1. The molecule has 0 spiro atoms. The highest BCUT2D eigenvalue weighted by Crippen LogP contribution is 2.22.